The van der Waals surface area contributed by atoms with E-state index < -0.39 is 27.2 Å². The van der Waals surface area contributed by atoms with Gasteiger partial charge in [0.05, 0.1) is 11.0 Å². The molecule has 0 spiro atoms. The van der Waals surface area contributed by atoms with Crippen LogP contribution in [-0.4, -0.2) is 72.6 Å². The highest BCUT2D eigenvalue weighted by Crippen LogP contribution is 2.21. The molecule has 1 aromatic heterocycles. The molecule has 3 heterocycles. The summed E-state index contributed by atoms with van der Waals surface area (Å²) >= 11 is 0. The van der Waals surface area contributed by atoms with E-state index in [9.17, 15) is 18.0 Å². The van der Waals surface area contributed by atoms with Gasteiger partial charge in [0.25, 0.3) is 0 Å². The Hall–Kier alpha value is -2.66. The van der Waals surface area contributed by atoms with Gasteiger partial charge in [-0.1, -0.05) is 6.07 Å². The second-order valence-corrected chi connectivity index (χ2v) is 8.82. The number of aryl methyl sites for hydroxylation is 1. The number of nitrogens with one attached hydrogen (secondary N) is 3. The number of imide groups is 1. The summed E-state index contributed by atoms with van der Waals surface area (Å²) in [6.07, 6.45) is 0. The van der Waals surface area contributed by atoms with Crippen LogP contribution in [0.2, 0.25) is 0 Å². The number of imidazole rings is 1. The summed E-state index contributed by atoms with van der Waals surface area (Å²) in [6.45, 7) is 3.20. The molecule has 0 aliphatic carbocycles. The highest BCUT2D eigenvalue weighted by atomic mass is 32.2. The number of piperazine rings is 1. The third kappa shape index (κ3) is 3.23. The van der Waals surface area contributed by atoms with Crippen LogP contribution in [0.25, 0.3) is 11.0 Å². The molecule has 1 unspecified atom stereocenters. The van der Waals surface area contributed by atoms with E-state index in [1.807, 2.05) is 35.3 Å². The zero-order valence-electron chi connectivity index (χ0n) is 14.7. The fourth-order valence-electron chi connectivity index (χ4n) is 3.35. The minimum atomic E-state index is -3.84. The smallest absolute Gasteiger partial charge is 0.321 e. The standard InChI is InChI=1S/C16H20N6O4S/c1-10-2-3-11-12(8-10)19-15(18-11)21-4-6-22(7-5-21)27(25,26)13-9-17-16(24)20-14(13)23/h2-3,8,13H,4-7,9H2,1H3,(H,18,19)(H2,17,20,23,24). The summed E-state index contributed by atoms with van der Waals surface area (Å²) in [5.74, 6) is -0.0795. The number of rotatable bonds is 3. The maximum absolute atomic E-state index is 12.8. The van der Waals surface area contributed by atoms with Crippen LogP contribution in [0.15, 0.2) is 18.2 Å². The molecule has 3 amide bonds. The number of aromatic nitrogens is 2. The van der Waals surface area contributed by atoms with Crippen LogP contribution in [-0.2, 0) is 14.8 Å². The van der Waals surface area contributed by atoms with Gasteiger partial charge in [0.2, 0.25) is 21.9 Å². The molecule has 2 aliphatic heterocycles. The largest absolute Gasteiger partial charge is 0.340 e. The van der Waals surface area contributed by atoms with Gasteiger partial charge in [-0.3, -0.25) is 10.1 Å². The first-order valence-corrected chi connectivity index (χ1v) is 10.1. The molecule has 2 aliphatic rings. The number of anilines is 1. The molecule has 1 aromatic carbocycles. The van der Waals surface area contributed by atoms with Gasteiger partial charge in [0.15, 0.2) is 5.25 Å². The lowest BCUT2D eigenvalue weighted by Gasteiger charge is -2.36. The van der Waals surface area contributed by atoms with Crippen LogP contribution < -0.4 is 15.5 Å². The highest BCUT2D eigenvalue weighted by Gasteiger charge is 2.41. The van der Waals surface area contributed by atoms with Gasteiger partial charge in [-0.25, -0.2) is 18.2 Å². The highest BCUT2D eigenvalue weighted by molar-refractivity contribution is 7.90. The maximum atomic E-state index is 12.8. The van der Waals surface area contributed by atoms with Gasteiger partial charge in [-0.15, -0.1) is 0 Å². The van der Waals surface area contributed by atoms with Crippen molar-refractivity contribution in [3.05, 3.63) is 23.8 Å². The number of urea groups is 1. The Labute approximate surface area is 156 Å². The first-order chi connectivity index (χ1) is 12.8. The summed E-state index contributed by atoms with van der Waals surface area (Å²) in [5.41, 5.74) is 2.93. The second kappa shape index (κ2) is 6.50. The molecule has 2 saturated heterocycles. The van der Waals surface area contributed by atoms with E-state index in [1.165, 1.54) is 4.31 Å². The Bertz CT molecular complexity index is 1010. The Balaban J connectivity index is 1.46. The van der Waals surface area contributed by atoms with E-state index in [0.717, 1.165) is 16.6 Å². The molecular formula is C16H20N6O4S. The molecule has 3 N–H and O–H groups in total. The Morgan fingerprint density at radius 2 is 1.89 bits per heavy atom. The fraction of sp³-hybridized carbons (Fsp3) is 0.438. The SMILES string of the molecule is Cc1ccc2nc(N3CCN(S(=O)(=O)C4CNC(=O)NC4=O)CC3)[nH]c2c1. The Morgan fingerprint density at radius 1 is 1.15 bits per heavy atom. The van der Waals surface area contributed by atoms with Crippen molar-refractivity contribution in [2.24, 2.45) is 0 Å². The zero-order chi connectivity index (χ0) is 19.2. The number of fused-ring (bicyclic) bond motifs is 1. The summed E-state index contributed by atoms with van der Waals surface area (Å²) in [5, 5.41) is 3.07. The molecule has 0 radical (unpaired) electrons. The van der Waals surface area contributed by atoms with Crippen LogP contribution in [0, 0.1) is 6.92 Å². The minimum Gasteiger partial charge on any atom is -0.340 e. The van der Waals surface area contributed by atoms with Crippen molar-refractivity contribution in [1.82, 2.24) is 24.9 Å². The number of carbonyl (C=O) groups excluding carboxylic acids is 2. The van der Waals surface area contributed by atoms with Gasteiger partial charge in [0.1, 0.15) is 0 Å². The van der Waals surface area contributed by atoms with Crippen molar-refractivity contribution in [1.29, 1.82) is 0 Å². The number of hydrogen-bond donors (Lipinski definition) is 3. The molecule has 144 valence electrons. The second-order valence-electron chi connectivity index (χ2n) is 6.70. The number of H-pyrrole nitrogens is 1. The number of amides is 3. The van der Waals surface area contributed by atoms with Crippen molar-refractivity contribution in [2.75, 3.05) is 37.6 Å². The van der Waals surface area contributed by atoms with Crippen LogP contribution >= 0.6 is 0 Å². The number of carbonyl (C=O) groups is 2. The normalized spacial score (nSPS) is 22.0. The summed E-state index contributed by atoms with van der Waals surface area (Å²) in [7, 11) is -3.84. The molecule has 11 heteroatoms. The van der Waals surface area contributed by atoms with E-state index >= 15 is 0 Å². The summed E-state index contributed by atoms with van der Waals surface area (Å²) < 4.78 is 26.8. The molecule has 27 heavy (non-hydrogen) atoms. The van der Waals surface area contributed by atoms with Crippen molar-refractivity contribution in [2.45, 2.75) is 12.2 Å². The predicted octanol–water partition coefficient (Wildman–Crippen LogP) is -0.469. The maximum Gasteiger partial charge on any atom is 0.321 e. The van der Waals surface area contributed by atoms with Crippen LogP contribution in [0.1, 0.15) is 5.56 Å². The molecule has 4 rings (SSSR count). The van der Waals surface area contributed by atoms with E-state index in [2.05, 4.69) is 15.3 Å². The molecular weight excluding hydrogens is 372 g/mol. The lowest BCUT2D eigenvalue weighted by atomic mass is 10.2. The van der Waals surface area contributed by atoms with Crippen molar-refractivity contribution in [3.8, 4) is 0 Å². The monoisotopic (exact) mass is 392 g/mol. The number of hydrogen-bond acceptors (Lipinski definition) is 6. The Kier molecular flexibility index (Phi) is 4.27. The quantitative estimate of drug-likeness (QED) is 0.648. The Morgan fingerprint density at radius 3 is 2.59 bits per heavy atom. The van der Waals surface area contributed by atoms with E-state index in [1.54, 1.807) is 0 Å². The fourth-order valence-corrected chi connectivity index (χ4v) is 5.00. The third-order valence-corrected chi connectivity index (χ3v) is 7.04. The number of benzene rings is 1. The van der Waals surface area contributed by atoms with Crippen LogP contribution in [0.5, 0.6) is 0 Å². The number of nitrogens with zero attached hydrogens (tertiary/aromatic N) is 3. The summed E-state index contributed by atoms with van der Waals surface area (Å²) in [6, 6.07) is 5.28. The molecule has 2 fully saturated rings. The molecule has 1 atom stereocenters. The first kappa shape index (κ1) is 17.7. The van der Waals surface area contributed by atoms with E-state index in [4.69, 9.17) is 0 Å². The first-order valence-electron chi connectivity index (χ1n) is 8.63. The van der Waals surface area contributed by atoms with Gasteiger partial charge >= 0.3 is 6.03 Å². The summed E-state index contributed by atoms with van der Waals surface area (Å²) in [4.78, 5) is 32.9. The van der Waals surface area contributed by atoms with Gasteiger partial charge in [-0.2, -0.15) is 4.31 Å². The van der Waals surface area contributed by atoms with Crippen LogP contribution in [0.3, 0.4) is 0 Å². The van der Waals surface area contributed by atoms with Crippen molar-refractivity contribution < 1.29 is 18.0 Å². The van der Waals surface area contributed by atoms with Crippen molar-refractivity contribution >= 4 is 38.9 Å². The average molecular weight is 392 g/mol. The topological polar surface area (TPSA) is 128 Å². The predicted molar refractivity (Wildman–Crippen MR) is 98.9 cm³/mol. The number of sulfonamides is 1. The van der Waals surface area contributed by atoms with E-state index in [0.29, 0.717) is 19.0 Å². The van der Waals surface area contributed by atoms with Gasteiger partial charge in [-0.05, 0) is 24.6 Å². The third-order valence-electron chi connectivity index (χ3n) is 4.86. The average Bonchev–Trinajstić information content (AvgIpc) is 3.04. The van der Waals surface area contributed by atoms with Gasteiger partial charge in [0, 0.05) is 32.7 Å². The molecule has 2 aromatic rings. The lowest BCUT2D eigenvalue weighted by molar-refractivity contribution is -0.120. The minimum absolute atomic E-state index is 0.212. The lowest BCUT2D eigenvalue weighted by Crippen LogP contribution is -2.61. The number of aromatic amines is 1. The van der Waals surface area contributed by atoms with Gasteiger partial charge < -0.3 is 15.2 Å². The van der Waals surface area contributed by atoms with Crippen molar-refractivity contribution in [3.63, 3.8) is 0 Å². The zero-order valence-corrected chi connectivity index (χ0v) is 15.5. The molecule has 0 saturated carbocycles. The molecule has 0 bridgehead atoms. The molecule has 10 nitrogen and oxygen atoms in total. The van der Waals surface area contributed by atoms with Crippen LogP contribution in [0.4, 0.5) is 10.7 Å². The van der Waals surface area contributed by atoms with E-state index in [-0.39, 0.29) is 19.6 Å².